The van der Waals surface area contributed by atoms with Crippen molar-refractivity contribution in [3.05, 3.63) is 18.2 Å². The van der Waals surface area contributed by atoms with E-state index in [2.05, 4.69) is 25.0 Å². The van der Waals surface area contributed by atoms with Gasteiger partial charge in [-0.15, -0.1) is 0 Å². The zero-order valence-electron chi connectivity index (χ0n) is 10.9. The van der Waals surface area contributed by atoms with E-state index in [9.17, 15) is 8.78 Å². The number of ether oxygens (including phenoxy) is 1. The number of anilines is 2. The molecule has 0 aromatic carbocycles. The molecule has 1 fully saturated rings. The molecule has 0 spiro atoms. The standard InChI is InChI=1S/C12H13F2N5O2/c13-9(14)12-18-10(19-21-12)6-3-8(15)11(16-4-6)17-5-7-1-2-20-7/h3-4,7,9H,1-2,5,15H2,(H,16,17). The Kier molecular flexibility index (Phi) is 3.65. The van der Waals surface area contributed by atoms with Gasteiger partial charge < -0.3 is 20.3 Å². The van der Waals surface area contributed by atoms with Crippen LogP contribution in [0.15, 0.2) is 16.8 Å². The second kappa shape index (κ2) is 5.60. The zero-order valence-corrected chi connectivity index (χ0v) is 10.9. The van der Waals surface area contributed by atoms with E-state index >= 15 is 0 Å². The van der Waals surface area contributed by atoms with Crippen molar-refractivity contribution < 1.29 is 18.0 Å². The van der Waals surface area contributed by atoms with E-state index in [-0.39, 0.29) is 11.9 Å². The lowest BCUT2D eigenvalue weighted by Gasteiger charge is -2.26. The lowest BCUT2D eigenvalue weighted by molar-refractivity contribution is -0.0410. The normalized spacial score (nSPS) is 17.8. The van der Waals surface area contributed by atoms with Gasteiger partial charge in [0.2, 0.25) is 5.82 Å². The molecule has 0 amide bonds. The minimum atomic E-state index is -2.81. The van der Waals surface area contributed by atoms with Gasteiger partial charge in [-0.1, -0.05) is 5.16 Å². The first-order valence-corrected chi connectivity index (χ1v) is 6.36. The molecule has 0 aliphatic carbocycles. The Bertz CT molecular complexity index is 630. The quantitative estimate of drug-likeness (QED) is 0.868. The molecule has 2 aromatic heterocycles. The summed E-state index contributed by atoms with van der Waals surface area (Å²) >= 11 is 0. The molecule has 7 nitrogen and oxygen atoms in total. The van der Waals surface area contributed by atoms with Crippen molar-refractivity contribution in [2.24, 2.45) is 0 Å². The maximum atomic E-state index is 12.4. The van der Waals surface area contributed by atoms with E-state index in [4.69, 9.17) is 10.5 Å². The minimum Gasteiger partial charge on any atom is -0.396 e. The second-order valence-corrected chi connectivity index (χ2v) is 4.58. The van der Waals surface area contributed by atoms with Crippen molar-refractivity contribution in [3.8, 4) is 11.4 Å². The Morgan fingerprint density at radius 1 is 1.48 bits per heavy atom. The van der Waals surface area contributed by atoms with E-state index < -0.39 is 12.3 Å². The number of hydrogen-bond acceptors (Lipinski definition) is 7. The number of nitrogens with zero attached hydrogens (tertiary/aromatic N) is 3. The van der Waals surface area contributed by atoms with Crippen molar-refractivity contribution in [2.75, 3.05) is 24.2 Å². The van der Waals surface area contributed by atoms with Crippen LogP contribution >= 0.6 is 0 Å². The van der Waals surface area contributed by atoms with Gasteiger partial charge in [-0.2, -0.15) is 13.8 Å². The maximum absolute atomic E-state index is 12.4. The SMILES string of the molecule is Nc1cc(-c2noc(C(F)F)n2)cnc1NCC1CCO1. The van der Waals surface area contributed by atoms with E-state index in [0.717, 1.165) is 13.0 Å². The Morgan fingerprint density at radius 2 is 2.29 bits per heavy atom. The predicted octanol–water partition coefficient (Wildman–Crippen LogP) is 1.85. The van der Waals surface area contributed by atoms with Crippen LogP contribution in [0.25, 0.3) is 11.4 Å². The number of aromatic nitrogens is 3. The van der Waals surface area contributed by atoms with Crippen molar-refractivity contribution in [2.45, 2.75) is 19.0 Å². The Labute approximate surface area is 118 Å². The third-order valence-electron chi connectivity index (χ3n) is 3.09. The van der Waals surface area contributed by atoms with Gasteiger partial charge in [0.15, 0.2) is 0 Å². The average Bonchev–Trinajstić information content (AvgIpc) is 2.88. The number of alkyl halides is 2. The van der Waals surface area contributed by atoms with Gasteiger partial charge in [0.1, 0.15) is 5.82 Å². The number of halogens is 2. The Balaban J connectivity index is 1.72. The summed E-state index contributed by atoms with van der Waals surface area (Å²) in [5, 5.41) is 6.54. The third kappa shape index (κ3) is 2.92. The summed E-state index contributed by atoms with van der Waals surface area (Å²) in [6.45, 7) is 1.40. The molecular formula is C12H13F2N5O2. The van der Waals surface area contributed by atoms with Gasteiger partial charge in [-0.25, -0.2) is 4.98 Å². The van der Waals surface area contributed by atoms with Gasteiger partial charge in [0.25, 0.3) is 5.89 Å². The molecule has 1 saturated heterocycles. The van der Waals surface area contributed by atoms with Crippen LogP contribution in [0.3, 0.4) is 0 Å². The number of nitrogen functional groups attached to an aromatic ring is 1. The molecule has 2 aromatic rings. The van der Waals surface area contributed by atoms with E-state index in [0.29, 0.717) is 23.6 Å². The fourth-order valence-electron chi connectivity index (χ4n) is 1.85. The van der Waals surface area contributed by atoms with Crippen LogP contribution in [0.4, 0.5) is 20.3 Å². The number of nitrogens with one attached hydrogen (secondary N) is 1. The summed E-state index contributed by atoms with van der Waals surface area (Å²) in [6, 6.07) is 1.55. The van der Waals surface area contributed by atoms with Crippen LogP contribution in [-0.2, 0) is 4.74 Å². The lowest BCUT2D eigenvalue weighted by Crippen LogP contribution is -2.33. The summed E-state index contributed by atoms with van der Waals surface area (Å²) in [5.74, 6) is -0.196. The van der Waals surface area contributed by atoms with Crippen LogP contribution in [0.2, 0.25) is 0 Å². The zero-order chi connectivity index (χ0) is 14.8. The molecule has 3 rings (SSSR count). The van der Waals surface area contributed by atoms with Gasteiger partial charge in [-0.05, 0) is 12.5 Å². The number of pyridine rings is 1. The maximum Gasteiger partial charge on any atom is 0.315 e. The molecule has 1 atom stereocenters. The van der Waals surface area contributed by atoms with Crippen molar-refractivity contribution in [1.29, 1.82) is 0 Å². The van der Waals surface area contributed by atoms with E-state index in [1.165, 1.54) is 6.20 Å². The summed E-state index contributed by atoms with van der Waals surface area (Å²) in [4.78, 5) is 7.72. The summed E-state index contributed by atoms with van der Waals surface area (Å²) in [6.07, 6.45) is -0.179. The van der Waals surface area contributed by atoms with E-state index in [1.807, 2.05) is 0 Å². The van der Waals surface area contributed by atoms with Gasteiger partial charge >= 0.3 is 6.43 Å². The molecule has 1 unspecified atom stereocenters. The summed E-state index contributed by atoms with van der Waals surface area (Å²) in [7, 11) is 0. The predicted molar refractivity (Wildman–Crippen MR) is 69.7 cm³/mol. The Morgan fingerprint density at radius 3 is 2.86 bits per heavy atom. The van der Waals surface area contributed by atoms with Crippen LogP contribution in [-0.4, -0.2) is 34.4 Å². The number of nitrogens with two attached hydrogens (primary N) is 1. The molecule has 0 bridgehead atoms. The largest absolute Gasteiger partial charge is 0.396 e. The molecule has 112 valence electrons. The van der Waals surface area contributed by atoms with Crippen LogP contribution in [0.1, 0.15) is 18.7 Å². The molecule has 1 aliphatic heterocycles. The highest BCUT2D eigenvalue weighted by molar-refractivity contribution is 5.69. The first-order chi connectivity index (χ1) is 10.1. The summed E-state index contributed by atoms with van der Waals surface area (Å²) < 4.78 is 34.5. The molecule has 1 aliphatic rings. The first kappa shape index (κ1) is 13.7. The number of hydrogen-bond donors (Lipinski definition) is 2. The monoisotopic (exact) mass is 297 g/mol. The van der Waals surface area contributed by atoms with Crippen molar-refractivity contribution in [1.82, 2.24) is 15.1 Å². The highest BCUT2D eigenvalue weighted by Gasteiger charge is 2.19. The van der Waals surface area contributed by atoms with Gasteiger partial charge in [0.05, 0.1) is 11.8 Å². The van der Waals surface area contributed by atoms with E-state index in [1.54, 1.807) is 6.07 Å². The van der Waals surface area contributed by atoms with Crippen LogP contribution in [0, 0.1) is 0 Å². The van der Waals surface area contributed by atoms with Gasteiger partial charge in [-0.3, -0.25) is 0 Å². The molecule has 0 radical (unpaired) electrons. The van der Waals surface area contributed by atoms with Gasteiger partial charge in [0, 0.05) is 24.9 Å². The number of rotatable bonds is 5. The average molecular weight is 297 g/mol. The van der Waals surface area contributed by atoms with Crippen LogP contribution < -0.4 is 11.1 Å². The molecule has 3 heterocycles. The third-order valence-corrected chi connectivity index (χ3v) is 3.09. The highest BCUT2D eigenvalue weighted by Crippen LogP contribution is 2.25. The van der Waals surface area contributed by atoms with Crippen molar-refractivity contribution >= 4 is 11.5 Å². The second-order valence-electron chi connectivity index (χ2n) is 4.58. The summed E-state index contributed by atoms with van der Waals surface area (Å²) in [5.41, 5.74) is 6.65. The smallest absolute Gasteiger partial charge is 0.315 e. The molecular weight excluding hydrogens is 284 g/mol. The topological polar surface area (TPSA) is 99.1 Å². The Hall–Kier alpha value is -2.29. The fraction of sp³-hybridized carbons (Fsp3) is 0.417. The lowest BCUT2D eigenvalue weighted by atomic mass is 10.2. The molecule has 9 heteroatoms. The fourth-order valence-corrected chi connectivity index (χ4v) is 1.85. The molecule has 21 heavy (non-hydrogen) atoms. The van der Waals surface area contributed by atoms with Crippen molar-refractivity contribution in [3.63, 3.8) is 0 Å². The van der Waals surface area contributed by atoms with Crippen LogP contribution in [0.5, 0.6) is 0 Å². The first-order valence-electron chi connectivity index (χ1n) is 6.36. The minimum absolute atomic E-state index is 0.0263. The highest BCUT2D eigenvalue weighted by atomic mass is 19.3. The molecule has 3 N–H and O–H groups in total. The molecule has 0 saturated carbocycles.